The van der Waals surface area contributed by atoms with Crippen LogP contribution in [-0.4, -0.2) is 55.7 Å². The van der Waals surface area contributed by atoms with E-state index in [1.165, 1.54) is 0 Å². The lowest BCUT2D eigenvalue weighted by Crippen LogP contribution is -2.40. The van der Waals surface area contributed by atoms with Crippen molar-refractivity contribution >= 4 is 11.8 Å². The van der Waals surface area contributed by atoms with Gasteiger partial charge in [0.1, 0.15) is 0 Å². The Morgan fingerprint density at radius 1 is 1.29 bits per heavy atom. The zero-order valence-corrected chi connectivity index (χ0v) is 16.0. The molecule has 3 atom stereocenters. The summed E-state index contributed by atoms with van der Waals surface area (Å²) in [5, 5.41) is 19.8. The van der Waals surface area contributed by atoms with Crippen LogP contribution in [-0.2, 0) is 22.6 Å². The number of rotatable bonds is 8. The van der Waals surface area contributed by atoms with E-state index in [0.29, 0.717) is 38.8 Å². The van der Waals surface area contributed by atoms with E-state index in [2.05, 4.69) is 20.5 Å². The molecule has 1 saturated carbocycles. The summed E-state index contributed by atoms with van der Waals surface area (Å²) in [5.74, 6) is -0.382. The maximum atomic E-state index is 12.9. The van der Waals surface area contributed by atoms with Crippen molar-refractivity contribution in [3.05, 3.63) is 48.0 Å². The van der Waals surface area contributed by atoms with Crippen LogP contribution < -0.4 is 5.32 Å². The Morgan fingerprint density at radius 3 is 2.75 bits per heavy atom. The van der Waals surface area contributed by atoms with Crippen LogP contribution in [0.25, 0.3) is 0 Å². The summed E-state index contributed by atoms with van der Waals surface area (Å²) in [4.78, 5) is 30.9. The lowest BCUT2D eigenvalue weighted by molar-refractivity contribution is -0.136. The second-order valence-electron chi connectivity index (χ2n) is 7.22. The number of hydrogen-bond acceptors (Lipinski definition) is 5. The normalized spacial score (nSPS) is 21.4. The molecule has 0 bridgehead atoms. The molecule has 0 spiro atoms. The number of aromatic nitrogens is 3. The van der Waals surface area contributed by atoms with Crippen LogP contribution in [0.1, 0.15) is 37.3 Å². The van der Waals surface area contributed by atoms with Gasteiger partial charge in [0.15, 0.2) is 0 Å². The van der Waals surface area contributed by atoms with Gasteiger partial charge in [0.25, 0.3) is 0 Å². The summed E-state index contributed by atoms with van der Waals surface area (Å²) in [5.41, 5.74) is 1.98. The Balaban J connectivity index is 1.51. The first-order valence-electron chi connectivity index (χ1n) is 9.69. The maximum absolute atomic E-state index is 12.9. The monoisotopic (exact) mass is 385 g/mol. The highest BCUT2D eigenvalue weighted by atomic mass is 16.3. The average Bonchev–Trinajstić information content (AvgIpc) is 3.35. The molecule has 3 rings (SSSR count). The van der Waals surface area contributed by atoms with Crippen molar-refractivity contribution in [1.82, 2.24) is 25.4 Å². The molecular formula is C20H27N5O3. The molecule has 0 unspecified atom stereocenters. The van der Waals surface area contributed by atoms with Crippen LogP contribution in [0.4, 0.5) is 0 Å². The standard InChI is InChI=1S/C20H27N5O3/c1-2-25(13-14-5-7-21-8-6-14)20(28)16-9-17(18(26)10-16)24-19(27)4-3-15-11-22-23-12-15/h5-8,11-12,16-18,26H,2-4,9-10,13H2,1H3,(H,22,23)(H,24,27)/t16-,17+,18+/m0/s1. The molecule has 2 aromatic heterocycles. The number of amides is 2. The number of pyridine rings is 1. The van der Waals surface area contributed by atoms with E-state index in [4.69, 9.17) is 0 Å². The van der Waals surface area contributed by atoms with Crippen molar-refractivity contribution in [1.29, 1.82) is 0 Å². The Bertz CT molecular complexity index is 765. The van der Waals surface area contributed by atoms with Gasteiger partial charge in [-0.25, -0.2) is 0 Å². The van der Waals surface area contributed by atoms with E-state index < -0.39 is 6.10 Å². The molecule has 0 aromatic carbocycles. The van der Waals surface area contributed by atoms with Crippen LogP contribution in [0.3, 0.4) is 0 Å². The SMILES string of the molecule is CCN(Cc1ccncc1)C(=O)[C@@H]1C[C@@H](O)[C@H](NC(=O)CCc2cn[nH]c2)C1. The lowest BCUT2D eigenvalue weighted by Gasteiger charge is -2.24. The summed E-state index contributed by atoms with van der Waals surface area (Å²) >= 11 is 0. The number of nitrogens with zero attached hydrogens (tertiary/aromatic N) is 3. The molecule has 1 fully saturated rings. The Hall–Kier alpha value is -2.74. The zero-order chi connectivity index (χ0) is 19.9. The molecule has 3 N–H and O–H groups in total. The highest BCUT2D eigenvalue weighted by molar-refractivity contribution is 5.80. The van der Waals surface area contributed by atoms with E-state index in [1.807, 2.05) is 19.1 Å². The number of carbonyl (C=O) groups is 2. The van der Waals surface area contributed by atoms with Crippen molar-refractivity contribution in [2.24, 2.45) is 5.92 Å². The summed E-state index contributed by atoms with van der Waals surface area (Å²) in [6.07, 6.45) is 7.91. The predicted molar refractivity (Wildman–Crippen MR) is 103 cm³/mol. The Kier molecular flexibility index (Phi) is 6.76. The van der Waals surface area contributed by atoms with Crippen LogP contribution in [0, 0.1) is 5.92 Å². The third kappa shape index (κ3) is 5.16. The van der Waals surface area contributed by atoms with E-state index in [-0.39, 0.29) is 23.8 Å². The molecule has 2 amide bonds. The van der Waals surface area contributed by atoms with Gasteiger partial charge < -0.3 is 15.3 Å². The van der Waals surface area contributed by atoms with Gasteiger partial charge >= 0.3 is 0 Å². The number of aliphatic hydroxyl groups is 1. The minimum absolute atomic E-state index is 0.0218. The van der Waals surface area contributed by atoms with Crippen LogP contribution in [0.5, 0.6) is 0 Å². The third-order valence-electron chi connectivity index (χ3n) is 5.24. The van der Waals surface area contributed by atoms with Crippen LogP contribution in [0.15, 0.2) is 36.9 Å². The fourth-order valence-electron chi connectivity index (χ4n) is 3.64. The molecular weight excluding hydrogens is 358 g/mol. The Morgan fingerprint density at radius 2 is 2.07 bits per heavy atom. The van der Waals surface area contributed by atoms with Gasteiger partial charge in [-0.2, -0.15) is 5.10 Å². The number of aromatic amines is 1. The number of hydrogen-bond donors (Lipinski definition) is 3. The predicted octanol–water partition coefficient (Wildman–Crippen LogP) is 1.04. The van der Waals surface area contributed by atoms with E-state index in [9.17, 15) is 14.7 Å². The highest BCUT2D eigenvalue weighted by Gasteiger charge is 2.39. The number of carbonyl (C=O) groups excluding carboxylic acids is 2. The quantitative estimate of drug-likeness (QED) is 0.629. The minimum atomic E-state index is -0.702. The second-order valence-corrected chi connectivity index (χ2v) is 7.22. The molecule has 2 heterocycles. The summed E-state index contributed by atoms with van der Waals surface area (Å²) in [7, 11) is 0. The number of aliphatic hydroxyl groups excluding tert-OH is 1. The molecule has 0 saturated heterocycles. The third-order valence-corrected chi connectivity index (χ3v) is 5.24. The van der Waals surface area contributed by atoms with Gasteiger partial charge in [-0.05, 0) is 49.4 Å². The van der Waals surface area contributed by atoms with E-state index in [0.717, 1.165) is 11.1 Å². The lowest BCUT2D eigenvalue weighted by atomic mass is 10.1. The molecule has 28 heavy (non-hydrogen) atoms. The van der Waals surface area contributed by atoms with Crippen molar-refractivity contribution < 1.29 is 14.7 Å². The fourth-order valence-corrected chi connectivity index (χ4v) is 3.64. The molecule has 2 aromatic rings. The van der Waals surface area contributed by atoms with E-state index >= 15 is 0 Å². The van der Waals surface area contributed by atoms with Gasteiger partial charge in [-0.15, -0.1) is 0 Å². The number of aryl methyl sites for hydroxylation is 1. The molecule has 0 radical (unpaired) electrons. The molecule has 8 heteroatoms. The largest absolute Gasteiger partial charge is 0.391 e. The minimum Gasteiger partial charge on any atom is -0.391 e. The zero-order valence-electron chi connectivity index (χ0n) is 16.0. The summed E-state index contributed by atoms with van der Waals surface area (Å²) in [6.45, 7) is 3.06. The first-order valence-corrected chi connectivity index (χ1v) is 9.69. The molecule has 150 valence electrons. The number of nitrogens with one attached hydrogen (secondary N) is 2. The van der Waals surface area contributed by atoms with Gasteiger partial charge in [0.05, 0.1) is 18.3 Å². The molecule has 1 aliphatic carbocycles. The van der Waals surface area contributed by atoms with Gasteiger partial charge in [0, 0.05) is 44.0 Å². The summed E-state index contributed by atoms with van der Waals surface area (Å²) in [6, 6.07) is 3.40. The van der Waals surface area contributed by atoms with Crippen molar-refractivity contribution in [2.75, 3.05) is 6.54 Å². The smallest absolute Gasteiger partial charge is 0.226 e. The first-order chi connectivity index (χ1) is 13.6. The van der Waals surface area contributed by atoms with Crippen LogP contribution >= 0.6 is 0 Å². The summed E-state index contributed by atoms with van der Waals surface area (Å²) < 4.78 is 0. The second kappa shape index (κ2) is 9.45. The average molecular weight is 385 g/mol. The topological polar surface area (TPSA) is 111 Å². The van der Waals surface area contributed by atoms with Crippen LogP contribution in [0.2, 0.25) is 0 Å². The van der Waals surface area contributed by atoms with E-state index in [1.54, 1.807) is 29.7 Å². The van der Waals surface area contributed by atoms with Crippen molar-refractivity contribution in [3.8, 4) is 0 Å². The molecule has 8 nitrogen and oxygen atoms in total. The van der Waals surface area contributed by atoms with Gasteiger partial charge in [0.2, 0.25) is 11.8 Å². The number of H-pyrrole nitrogens is 1. The molecule has 0 aliphatic heterocycles. The molecule has 1 aliphatic rings. The van der Waals surface area contributed by atoms with Crippen molar-refractivity contribution in [2.45, 2.75) is 51.3 Å². The highest BCUT2D eigenvalue weighted by Crippen LogP contribution is 2.28. The Labute approximate surface area is 164 Å². The maximum Gasteiger partial charge on any atom is 0.226 e. The first kappa shape index (κ1) is 20.0. The van der Waals surface area contributed by atoms with Gasteiger partial charge in [-0.3, -0.25) is 19.7 Å². The fraction of sp³-hybridized carbons (Fsp3) is 0.500. The van der Waals surface area contributed by atoms with Gasteiger partial charge in [-0.1, -0.05) is 0 Å². The van der Waals surface area contributed by atoms with Crippen molar-refractivity contribution in [3.63, 3.8) is 0 Å².